The summed E-state index contributed by atoms with van der Waals surface area (Å²) in [7, 11) is -2.19. The van der Waals surface area contributed by atoms with E-state index in [1.165, 1.54) is 23.1 Å². The molecule has 0 atom stereocenters. The van der Waals surface area contributed by atoms with Crippen molar-refractivity contribution < 1.29 is 12.8 Å². The minimum Gasteiger partial charge on any atom is -0.399 e. The summed E-state index contributed by atoms with van der Waals surface area (Å²) in [6.45, 7) is 0. The van der Waals surface area contributed by atoms with Gasteiger partial charge in [0.05, 0.1) is 11.9 Å². The molecule has 0 amide bonds. The molecule has 6 nitrogen and oxygen atoms in total. The summed E-state index contributed by atoms with van der Waals surface area (Å²) >= 11 is 0. The zero-order valence-electron chi connectivity index (χ0n) is 9.46. The number of halogens is 1. The molecule has 1 aromatic heterocycles. The molecular weight excluding hydrogens is 259 g/mol. The van der Waals surface area contributed by atoms with Gasteiger partial charge >= 0.3 is 0 Å². The van der Waals surface area contributed by atoms with Gasteiger partial charge in [0.15, 0.2) is 0 Å². The first kappa shape index (κ1) is 12.4. The molecule has 0 radical (unpaired) electrons. The quantitative estimate of drug-likeness (QED) is 0.812. The van der Waals surface area contributed by atoms with E-state index in [0.717, 1.165) is 12.1 Å². The number of rotatable bonds is 3. The monoisotopic (exact) mass is 270 g/mol. The van der Waals surface area contributed by atoms with E-state index in [2.05, 4.69) is 9.82 Å². The molecule has 0 fully saturated rings. The molecule has 2 rings (SSSR count). The van der Waals surface area contributed by atoms with E-state index in [4.69, 9.17) is 5.73 Å². The molecule has 0 spiro atoms. The maximum absolute atomic E-state index is 13.1. The number of sulfonamides is 1. The van der Waals surface area contributed by atoms with Gasteiger partial charge < -0.3 is 5.73 Å². The van der Waals surface area contributed by atoms with Crippen molar-refractivity contribution in [1.29, 1.82) is 0 Å². The highest BCUT2D eigenvalue weighted by Crippen LogP contribution is 2.19. The summed E-state index contributed by atoms with van der Waals surface area (Å²) in [6.07, 6.45) is 2.54. The van der Waals surface area contributed by atoms with E-state index in [-0.39, 0.29) is 16.3 Å². The fourth-order valence-electron chi connectivity index (χ4n) is 1.42. The smallest absolute Gasteiger partial charge is 0.265 e. The number of anilines is 2. The van der Waals surface area contributed by atoms with Crippen LogP contribution in [-0.4, -0.2) is 18.2 Å². The van der Waals surface area contributed by atoms with Crippen LogP contribution in [0.4, 0.5) is 15.8 Å². The highest BCUT2D eigenvalue weighted by Gasteiger charge is 2.16. The van der Waals surface area contributed by atoms with Crippen molar-refractivity contribution in [3.05, 3.63) is 36.4 Å². The van der Waals surface area contributed by atoms with Crippen molar-refractivity contribution in [3.63, 3.8) is 0 Å². The van der Waals surface area contributed by atoms with E-state index in [9.17, 15) is 12.8 Å². The lowest BCUT2D eigenvalue weighted by Gasteiger charge is -2.07. The highest BCUT2D eigenvalue weighted by atomic mass is 32.2. The van der Waals surface area contributed by atoms with Gasteiger partial charge in [-0.3, -0.25) is 9.40 Å². The Morgan fingerprint density at radius 1 is 1.39 bits per heavy atom. The lowest BCUT2D eigenvalue weighted by Crippen LogP contribution is -2.12. The standard InChI is InChI=1S/C10H11FN4O2S/c1-15-6-10(5-13-15)18(16,17)14-9-3-7(11)2-8(12)4-9/h2-6,14H,12H2,1H3. The molecule has 8 heteroatoms. The summed E-state index contributed by atoms with van der Waals surface area (Å²) in [5.41, 5.74) is 5.63. The van der Waals surface area contributed by atoms with Gasteiger partial charge in [-0.15, -0.1) is 0 Å². The lowest BCUT2D eigenvalue weighted by molar-refractivity contribution is 0.601. The topological polar surface area (TPSA) is 90.0 Å². The van der Waals surface area contributed by atoms with Gasteiger partial charge in [-0.25, -0.2) is 12.8 Å². The van der Waals surface area contributed by atoms with Crippen molar-refractivity contribution in [2.75, 3.05) is 10.5 Å². The van der Waals surface area contributed by atoms with E-state index < -0.39 is 15.8 Å². The number of nitrogens with zero attached hydrogens (tertiary/aromatic N) is 2. The first-order valence-corrected chi connectivity index (χ1v) is 6.43. The molecule has 0 aliphatic rings. The third-order valence-electron chi connectivity index (χ3n) is 2.16. The number of aromatic nitrogens is 2. The first-order chi connectivity index (χ1) is 8.37. The summed E-state index contributed by atoms with van der Waals surface area (Å²) in [5, 5.41) is 3.76. The van der Waals surface area contributed by atoms with Gasteiger partial charge in [0.25, 0.3) is 10.0 Å². The minimum absolute atomic E-state index is 0.00664. The maximum Gasteiger partial charge on any atom is 0.265 e. The average Bonchev–Trinajstić information content (AvgIpc) is 2.62. The number of hydrogen-bond acceptors (Lipinski definition) is 4. The van der Waals surface area contributed by atoms with Crippen molar-refractivity contribution >= 4 is 21.4 Å². The second kappa shape index (κ2) is 4.30. The Balaban J connectivity index is 2.33. The number of nitrogen functional groups attached to an aromatic ring is 1. The summed E-state index contributed by atoms with van der Waals surface area (Å²) < 4.78 is 40.5. The lowest BCUT2D eigenvalue weighted by atomic mass is 10.3. The van der Waals surface area contributed by atoms with E-state index >= 15 is 0 Å². The van der Waals surface area contributed by atoms with E-state index in [1.54, 1.807) is 7.05 Å². The van der Waals surface area contributed by atoms with Gasteiger partial charge in [0.2, 0.25) is 0 Å². The Labute approximate surface area is 103 Å². The summed E-state index contributed by atoms with van der Waals surface area (Å²) in [6, 6.07) is 3.48. The fraction of sp³-hybridized carbons (Fsp3) is 0.100. The van der Waals surface area contributed by atoms with Gasteiger partial charge in [-0.2, -0.15) is 5.10 Å². The van der Waals surface area contributed by atoms with Crippen LogP contribution in [0.5, 0.6) is 0 Å². The second-order valence-electron chi connectivity index (χ2n) is 3.73. The summed E-state index contributed by atoms with van der Waals surface area (Å²) in [5.74, 6) is -0.612. The SMILES string of the molecule is Cn1cc(S(=O)(=O)Nc2cc(N)cc(F)c2)cn1. The molecular formula is C10H11FN4O2S. The Kier molecular flexibility index (Phi) is 2.95. The average molecular weight is 270 g/mol. The molecule has 1 heterocycles. The van der Waals surface area contributed by atoms with Crippen molar-refractivity contribution in [2.45, 2.75) is 4.90 Å². The molecule has 2 aromatic rings. The Bertz CT molecular complexity index is 661. The molecule has 0 saturated carbocycles. The van der Waals surface area contributed by atoms with E-state index in [1.807, 2.05) is 0 Å². The van der Waals surface area contributed by atoms with Gasteiger partial charge in [0.1, 0.15) is 10.7 Å². The molecule has 0 saturated heterocycles. The van der Waals surface area contributed by atoms with E-state index in [0.29, 0.717) is 0 Å². The van der Waals surface area contributed by atoms with Crippen LogP contribution < -0.4 is 10.5 Å². The number of nitrogens with one attached hydrogen (secondary N) is 1. The van der Waals surface area contributed by atoms with Crippen molar-refractivity contribution in [1.82, 2.24) is 9.78 Å². The third-order valence-corrected chi connectivity index (χ3v) is 3.50. The normalized spacial score (nSPS) is 11.4. The van der Waals surface area contributed by atoms with Crippen LogP contribution in [0, 0.1) is 5.82 Å². The van der Waals surface area contributed by atoms with Gasteiger partial charge in [-0.05, 0) is 18.2 Å². The molecule has 3 N–H and O–H groups in total. The van der Waals surface area contributed by atoms with Crippen LogP contribution in [0.25, 0.3) is 0 Å². The Morgan fingerprint density at radius 3 is 2.67 bits per heavy atom. The zero-order valence-corrected chi connectivity index (χ0v) is 10.3. The zero-order chi connectivity index (χ0) is 13.3. The van der Waals surface area contributed by atoms with Crippen molar-refractivity contribution in [3.8, 4) is 0 Å². The van der Waals surface area contributed by atoms with Crippen LogP contribution in [0.15, 0.2) is 35.5 Å². The fourth-order valence-corrected chi connectivity index (χ4v) is 2.45. The van der Waals surface area contributed by atoms with Crippen LogP contribution in [0.3, 0.4) is 0 Å². The van der Waals surface area contributed by atoms with Crippen molar-refractivity contribution in [2.24, 2.45) is 7.05 Å². The predicted molar refractivity (Wildman–Crippen MR) is 64.8 cm³/mol. The number of hydrogen-bond donors (Lipinski definition) is 2. The van der Waals surface area contributed by atoms with Crippen LogP contribution in [0.1, 0.15) is 0 Å². The molecule has 0 aliphatic carbocycles. The molecule has 0 unspecified atom stereocenters. The van der Waals surface area contributed by atoms with Gasteiger partial charge in [0, 0.05) is 18.9 Å². The molecule has 1 aromatic carbocycles. The number of aryl methyl sites for hydroxylation is 1. The Morgan fingerprint density at radius 2 is 2.11 bits per heavy atom. The predicted octanol–water partition coefficient (Wildman–Crippen LogP) is 0.942. The third kappa shape index (κ3) is 2.59. The van der Waals surface area contributed by atoms with Crippen LogP contribution in [-0.2, 0) is 17.1 Å². The molecule has 96 valence electrons. The second-order valence-corrected chi connectivity index (χ2v) is 5.41. The van der Waals surface area contributed by atoms with Gasteiger partial charge in [-0.1, -0.05) is 0 Å². The first-order valence-electron chi connectivity index (χ1n) is 4.94. The Hall–Kier alpha value is -2.09. The number of nitrogens with two attached hydrogens (primary N) is 1. The molecule has 0 aliphatic heterocycles. The van der Waals surface area contributed by atoms with Crippen LogP contribution >= 0.6 is 0 Å². The molecule has 0 bridgehead atoms. The number of benzene rings is 1. The highest BCUT2D eigenvalue weighted by molar-refractivity contribution is 7.92. The van der Waals surface area contributed by atoms with Crippen LogP contribution in [0.2, 0.25) is 0 Å². The molecule has 18 heavy (non-hydrogen) atoms. The summed E-state index contributed by atoms with van der Waals surface area (Å²) in [4.78, 5) is -0.00664. The maximum atomic E-state index is 13.1. The minimum atomic E-state index is -3.78. The largest absolute Gasteiger partial charge is 0.399 e.